The summed E-state index contributed by atoms with van der Waals surface area (Å²) in [6, 6.07) is 3.43. The van der Waals surface area contributed by atoms with Crippen LogP contribution in [0.5, 0.6) is 0 Å². The molecule has 1 aromatic heterocycles. The second-order valence-electron chi connectivity index (χ2n) is 3.88. The minimum Gasteiger partial charge on any atom is -0.302 e. The summed E-state index contributed by atoms with van der Waals surface area (Å²) in [6.45, 7) is 2.05. The van der Waals surface area contributed by atoms with E-state index in [4.69, 9.17) is 23.2 Å². The third-order valence-corrected chi connectivity index (χ3v) is 4.19. The summed E-state index contributed by atoms with van der Waals surface area (Å²) in [5.41, 5.74) is 0.639. The predicted octanol–water partition coefficient (Wildman–Crippen LogP) is 4.73. The summed E-state index contributed by atoms with van der Waals surface area (Å²) in [5, 5.41) is 4.45. The molecule has 1 N–H and O–H groups in total. The highest BCUT2D eigenvalue weighted by Gasteiger charge is 2.12. The molecular weight excluding hydrogens is 291 g/mol. The number of thiazole rings is 1. The van der Waals surface area contributed by atoms with Crippen LogP contribution in [0.15, 0.2) is 12.1 Å². The molecule has 0 fully saturated rings. The number of fused-ring (bicyclic) bond motifs is 1. The van der Waals surface area contributed by atoms with Gasteiger partial charge >= 0.3 is 0 Å². The molecule has 0 radical (unpaired) electrons. The van der Waals surface area contributed by atoms with Crippen molar-refractivity contribution in [3.8, 4) is 0 Å². The summed E-state index contributed by atoms with van der Waals surface area (Å²) in [4.78, 5) is 15.9. The Kier molecular flexibility index (Phi) is 4.43. The topological polar surface area (TPSA) is 42.0 Å². The zero-order valence-electron chi connectivity index (χ0n) is 9.80. The largest absolute Gasteiger partial charge is 0.302 e. The van der Waals surface area contributed by atoms with Crippen molar-refractivity contribution in [1.29, 1.82) is 0 Å². The summed E-state index contributed by atoms with van der Waals surface area (Å²) < 4.78 is 0.801. The van der Waals surface area contributed by atoms with Crippen LogP contribution in [0.1, 0.15) is 26.2 Å². The van der Waals surface area contributed by atoms with Crippen molar-refractivity contribution >= 4 is 55.8 Å². The Morgan fingerprint density at radius 1 is 1.39 bits per heavy atom. The van der Waals surface area contributed by atoms with E-state index in [-0.39, 0.29) is 5.91 Å². The van der Waals surface area contributed by atoms with Gasteiger partial charge in [-0.2, -0.15) is 0 Å². The maximum atomic E-state index is 11.6. The van der Waals surface area contributed by atoms with Crippen LogP contribution in [0.25, 0.3) is 10.2 Å². The number of halogens is 2. The Morgan fingerprint density at radius 2 is 2.11 bits per heavy atom. The zero-order chi connectivity index (χ0) is 13.1. The molecule has 96 valence electrons. The van der Waals surface area contributed by atoms with Gasteiger partial charge in [0.1, 0.15) is 5.52 Å². The molecule has 18 heavy (non-hydrogen) atoms. The number of carbonyl (C=O) groups excluding carboxylic acids is 1. The minimum absolute atomic E-state index is 0.0249. The second kappa shape index (κ2) is 5.87. The number of benzene rings is 1. The Balaban J connectivity index is 2.23. The molecule has 1 amide bonds. The van der Waals surface area contributed by atoms with E-state index in [0.29, 0.717) is 27.1 Å². The maximum absolute atomic E-state index is 11.6. The molecule has 1 aromatic carbocycles. The number of hydrogen-bond acceptors (Lipinski definition) is 3. The lowest BCUT2D eigenvalue weighted by Gasteiger charge is -1.98. The van der Waals surface area contributed by atoms with Crippen molar-refractivity contribution in [2.24, 2.45) is 0 Å². The quantitative estimate of drug-likeness (QED) is 0.887. The molecule has 0 aliphatic heterocycles. The molecule has 2 rings (SSSR count). The summed E-state index contributed by atoms with van der Waals surface area (Å²) in [5.74, 6) is -0.0249. The highest BCUT2D eigenvalue weighted by Crippen LogP contribution is 2.35. The molecule has 6 heteroatoms. The number of unbranched alkanes of at least 4 members (excludes halogenated alkanes) is 1. The average molecular weight is 303 g/mol. The maximum Gasteiger partial charge on any atom is 0.226 e. The lowest BCUT2D eigenvalue weighted by molar-refractivity contribution is -0.116. The second-order valence-corrected chi connectivity index (χ2v) is 5.69. The van der Waals surface area contributed by atoms with E-state index in [9.17, 15) is 4.79 Å². The molecular formula is C12H12Cl2N2OS. The minimum atomic E-state index is -0.0249. The van der Waals surface area contributed by atoms with Crippen LogP contribution in [-0.4, -0.2) is 10.9 Å². The normalized spacial score (nSPS) is 10.8. The van der Waals surface area contributed by atoms with Gasteiger partial charge in [-0.15, -0.1) is 0 Å². The van der Waals surface area contributed by atoms with Crippen molar-refractivity contribution in [3.63, 3.8) is 0 Å². The van der Waals surface area contributed by atoms with Crippen LogP contribution in [0.4, 0.5) is 5.13 Å². The highest BCUT2D eigenvalue weighted by atomic mass is 35.5. The van der Waals surface area contributed by atoms with Crippen molar-refractivity contribution in [2.75, 3.05) is 5.32 Å². The van der Waals surface area contributed by atoms with Crippen molar-refractivity contribution in [1.82, 2.24) is 4.98 Å². The first kappa shape index (κ1) is 13.6. The van der Waals surface area contributed by atoms with E-state index in [1.807, 2.05) is 6.92 Å². The molecule has 1 heterocycles. The number of amides is 1. The molecule has 0 bridgehead atoms. The van der Waals surface area contributed by atoms with Crippen molar-refractivity contribution < 1.29 is 4.79 Å². The summed E-state index contributed by atoms with van der Waals surface area (Å²) in [6.07, 6.45) is 2.37. The van der Waals surface area contributed by atoms with E-state index in [2.05, 4.69) is 10.3 Å². The molecule has 0 atom stereocenters. The van der Waals surface area contributed by atoms with Crippen LogP contribution >= 0.6 is 34.5 Å². The number of nitrogens with zero attached hydrogens (tertiary/aromatic N) is 1. The van der Waals surface area contributed by atoms with Gasteiger partial charge in [0.25, 0.3) is 0 Å². The number of anilines is 1. The molecule has 0 saturated carbocycles. The number of rotatable bonds is 4. The fourth-order valence-corrected chi connectivity index (χ4v) is 2.95. The third kappa shape index (κ3) is 2.94. The zero-order valence-corrected chi connectivity index (χ0v) is 12.1. The van der Waals surface area contributed by atoms with Crippen molar-refractivity contribution in [3.05, 3.63) is 22.2 Å². The van der Waals surface area contributed by atoms with Gasteiger partial charge in [0, 0.05) is 6.42 Å². The smallest absolute Gasteiger partial charge is 0.226 e. The molecule has 0 aliphatic carbocycles. The summed E-state index contributed by atoms with van der Waals surface area (Å²) >= 11 is 13.4. The molecule has 0 spiro atoms. The van der Waals surface area contributed by atoms with Gasteiger partial charge < -0.3 is 5.32 Å². The standard InChI is InChI=1S/C12H12Cl2N2OS/c1-2-3-4-9(17)15-12-16-10-7(13)5-6-8(14)11(10)18-12/h5-6H,2-4H2,1H3,(H,15,16,17). The predicted molar refractivity (Wildman–Crippen MR) is 77.8 cm³/mol. The van der Waals surface area contributed by atoms with Crippen LogP contribution in [0, 0.1) is 0 Å². The van der Waals surface area contributed by atoms with Gasteiger partial charge in [-0.05, 0) is 18.6 Å². The van der Waals surface area contributed by atoms with Gasteiger partial charge in [0.2, 0.25) is 5.91 Å². The average Bonchev–Trinajstić information content (AvgIpc) is 2.76. The number of hydrogen-bond donors (Lipinski definition) is 1. The first-order valence-corrected chi connectivity index (χ1v) is 7.23. The lowest BCUT2D eigenvalue weighted by atomic mass is 10.2. The van der Waals surface area contributed by atoms with Gasteiger partial charge in [0.15, 0.2) is 5.13 Å². The van der Waals surface area contributed by atoms with Gasteiger partial charge in [-0.1, -0.05) is 47.9 Å². The van der Waals surface area contributed by atoms with Crippen LogP contribution in [0.2, 0.25) is 10.0 Å². The Morgan fingerprint density at radius 3 is 2.78 bits per heavy atom. The Labute approximate surface area is 119 Å². The molecule has 0 unspecified atom stereocenters. The Bertz CT molecular complexity index is 544. The first-order valence-electron chi connectivity index (χ1n) is 5.66. The van der Waals surface area contributed by atoms with Crippen LogP contribution in [0.3, 0.4) is 0 Å². The molecule has 2 aromatic rings. The van der Waals surface area contributed by atoms with Crippen molar-refractivity contribution in [2.45, 2.75) is 26.2 Å². The molecule has 3 nitrogen and oxygen atoms in total. The van der Waals surface area contributed by atoms with E-state index in [0.717, 1.165) is 17.5 Å². The third-order valence-electron chi connectivity index (χ3n) is 2.45. The van der Waals surface area contributed by atoms with Gasteiger partial charge in [-0.3, -0.25) is 4.79 Å². The van der Waals surface area contributed by atoms with E-state index in [1.54, 1.807) is 12.1 Å². The van der Waals surface area contributed by atoms with Gasteiger partial charge in [0.05, 0.1) is 14.7 Å². The Hall–Kier alpha value is -0.840. The number of carbonyl (C=O) groups is 1. The van der Waals surface area contributed by atoms with Crippen LogP contribution in [-0.2, 0) is 4.79 Å². The fourth-order valence-electron chi connectivity index (χ4n) is 1.52. The molecule has 0 aliphatic rings. The first-order chi connectivity index (χ1) is 8.61. The molecule has 0 saturated heterocycles. The lowest BCUT2D eigenvalue weighted by Crippen LogP contribution is -2.10. The van der Waals surface area contributed by atoms with E-state index < -0.39 is 0 Å². The van der Waals surface area contributed by atoms with Gasteiger partial charge in [-0.25, -0.2) is 4.98 Å². The fraction of sp³-hybridized carbons (Fsp3) is 0.333. The SMILES string of the molecule is CCCCC(=O)Nc1nc2c(Cl)ccc(Cl)c2s1. The van der Waals surface area contributed by atoms with E-state index in [1.165, 1.54) is 11.3 Å². The highest BCUT2D eigenvalue weighted by molar-refractivity contribution is 7.23. The van der Waals surface area contributed by atoms with E-state index >= 15 is 0 Å². The monoisotopic (exact) mass is 302 g/mol. The summed E-state index contributed by atoms with van der Waals surface area (Å²) in [7, 11) is 0. The van der Waals surface area contributed by atoms with Crippen LogP contribution < -0.4 is 5.32 Å². The number of nitrogens with one attached hydrogen (secondary N) is 1. The number of aromatic nitrogens is 1.